The van der Waals surface area contributed by atoms with Crippen molar-refractivity contribution < 1.29 is 9.90 Å². The molecule has 1 aromatic rings. The standard InChI is InChI=1S/C13H20N2O2/c1-2-3-9-15(10-8-14)13(17)11-6-4-5-7-12(11)16/h4-7,16H,2-3,8-10,14H2,1H3. The van der Waals surface area contributed by atoms with Gasteiger partial charge in [-0.2, -0.15) is 0 Å². The summed E-state index contributed by atoms with van der Waals surface area (Å²) in [4.78, 5) is 13.9. The number of carbonyl (C=O) groups is 1. The number of carbonyl (C=O) groups excluding carboxylic acids is 1. The lowest BCUT2D eigenvalue weighted by atomic mass is 10.1. The SMILES string of the molecule is CCCCN(CCN)C(=O)c1ccccc1O. The van der Waals surface area contributed by atoms with E-state index in [1.54, 1.807) is 23.1 Å². The topological polar surface area (TPSA) is 66.6 Å². The van der Waals surface area contributed by atoms with Crippen molar-refractivity contribution in [2.75, 3.05) is 19.6 Å². The third-order valence-electron chi connectivity index (χ3n) is 2.60. The van der Waals surface area contributed by atoms with Crippen LogP contribution in [0.3, 0.4) is 0 Å². The minimum Gasteiger partial charge on any atom is -0.507 e. The van der Waals surface area contributed by atoms with Crippen LogP contribution in [-0.2, 0) is 0 Å². The molecule has 0 aliphatic heterocycles. The number of nitrogens with zero attached hydrogens (tertiary/aromatic N) is 1. The first-order valence-corrected chi connectivity index (χ1v) is 5.98. The van der Waals surface area contributed by atoms with Crippen LogP contribution in [0.5, 0.6) is 5.75 Å². The lowest BCUT2D eigenvalue weighted by Crippen LogP contribution is -2.36. The van der Waals surface area contributed by atoms with Crippen LogP contribution in [0.4, 0.5) is 0 Å². The summed E-state index contributed by atoms with van der Waals surface area (Å²) in [5.41, 5.74) is 5.84. The molecule has 0 aliphatic carbocycles. The van der Waals surface area contributed by atoms with E-state index >= 15 is 0 Å². The number of benzene rings is 1. The van der Waals surface area contributed by atoms with Crippen LogP contribution in [0.25, 0.3) is 0 Å². The number of unbranched alkanes of at least 4 members (excludes halogenated alkanes) is 1. The van der Waals surface area contributed by atoms with E-state index in [1.807, 2.05) is 0 Å². The highest BCUT2D eigenvalue weighted by Gasteiger charge is 2.17. The highest BCUT2D eigenvalue weighted by molar-refractivity contribution is 5.96. The van der Waals surface area contributed by atoms with Crippen molar-refractivity contribution >= 4 is 5.91 Å². The molecule has 94 valence electrons. The molecular weight excluding hydrogens is 216 g/mol. The van der Waals surface area contributed by atoms with E-state index in [0.29, 0.717) is 25.2 Å². The first kappa shape index (κ1) is 13.5. The average Bonchev–Trinajstić information content (AvgIpc) is 2.34. The molecule has 0 saturated heterocycles. The van der Waals surface area contributed by atoms with E-state index in [2.05, 4.69) is 6.92 Å². The Morgan fingerprint density at radius 3 is 2.65 bits per heavy atom. The molecule has 3 N–H and O–H groups in total. The zero-order valence-corrected chi connectivity index (χ0v) is 10.2. The quantitative estimate of drug-likeness (QED) is 0.788. The maximum Gasteiger partial charge on any atom is 0.257 e. The number of aromatic hydroxyl groups is 1. The Bertz CT molecular complexity index is 366. The van der Waals surface area contributed by atoms with Crippen molar-refractivity contribution in [1.29, 1.82) is 0 Å². The predicted molar refractivity (Wildman–Crippen MR) is 68.0 cm³/mol. The molecule has 0 aliphatic rings. The van der Waals surface area contributed by atoms with Gasteiger partial charge >= 0.3 is 0 Å². The zero-order valence-electron chi connectivity index (χ0n) is 10.2. The molecule has 1 amide bonds. The molecular formula is C13H20N2O2. The number of rotatable bonds is 6. The third-order valence-corrected chi connectivity index (χ3v) is 2.60. The molecule has 0 radical (unpaired) electrons. The third kappa shape index (κ3) is 3.75. The van der Waals surface area contributed by atoms with Crippen molar-refractivity contribution in [3.63, 3.8) is 0 Å². The summed E-state index contributed by atoms with van der Waals surface area (Å²) < 4.78 is 0. The Kier molecular flexibility index (Phi) is 5.49. The molecule has 0 spiro atoms. The van der Waals surface area contributed by atoms with Crippen molar-refractivity contribution in [2.45, 2.75) is 19.8 Å². The van der Waals surface area contributed by atoms with Gasteiger partial charge in [0.2, 0.25) is 0 Å². The molecule has 0 bridgehead atoms. The van der Waals surface area contributed by atoms with Crippen LogP contribution in [0.1, 0.15) is 30.1 Å². The number of para-hydroxylation sites is 1. The van der Waals surface area contributed by atoms with Crippen LogP contribution in [0.2, 0.25) is 0 Å². The number of phenolic OH excluding ortho intramolecular Hbond substituents is 1. The Balaban J connectivity index is 2.80. The molecule has 0 saturated carbocycles. The molecule has 1 aromatic carbocycles. The molecule has 4 heteroatoms. The van der Waals surface area contributed by atoms with E-state index in [-0.39, 0.29) is 11.7 Å². The molecule has 0 aromatic heterocycles. The Morgan fingerprint density at radius 1 is 1.35 bits per heavy atom. The summed E-state index contributed by atoms with van der Waals surface area (Å²) >= 11 is 0. The predicted octanol–water partition coefficient (Wildman–Crippen LogP) is 1.59. The summed E-state index contributed by atoms with van der Waals surface area (Å²) in [6.45, 7) is 3.71. The largest absolute Gasteiger partial charge is 0.507 e. The summed E-state index contributed by atoms with van der Waals surface area (Å²) in [6.07, 6.45) is 1.97. The number of amides is 1. The fraction of sp³-hybridized carbons (Fsp3) is 0.462. The molecule has 17 heavy (non-hydrogen) atoms. The van der Waals surface area contributed by atoms with Gasteiger partial charge in [0, 0.05) is 19.6 Å². The fourth-order valence-corrected chi connectivity index (χ4v) is 1.64. The maximum atomic E-state index is 12.2. The number of hydrogen-bond acceptors (Lipinski definition) is 3. The van der Waals surface area contributed by atoms with Gasteiger partial charge in [0.25, 0.3) is 5.91 Å². The van der Waals surface area contributed by atoms with E-state index in [9.17, 15) is 9.90 Å². The summed E-state index contributed by atoms with van der Waals surface area (Å²) in [5, 5.41) is 9.64. The molecule has 0 fully saturated rings. The Morgan fingerprint density at radius 2 is 2.06 bits per heavy atom. The maximum absolute atomic E-state index is 12.2. The van der Waals surface area contributed by atoms with E-state index < -0.39 is 0 Å². The molecule has 1 rings (SSSR count). The zero-order chi connectivity index (χ0) is 12.7. The van der Waals surface area contributed by atoms with Gasteiger partial charge in [-0.25, -0.2) is 0 Å². The summed E-state index contributed by atoms with van der Waals surface area (Å²) in [7, 11) is 0. The van der Waals surface area contributed by atoms with Gasteiger partial charge < -0.3 is 15.7 Å². The second-order valence-corrected chi connectivity index (χ2v) is 3.95. The van der Waals surface area contributed by atoms with Crippen molar-refractivity contribution in [3.05, 3.63) is 29.8 Å². The summed E-state index contributed by atoms with van der Waals surface area (Å²) in [5.74, 6) is -0.127. The van der Waals surface area contributed by atoms with Gasteiger partial charge in [0.05, 0.1) is 5.56 Å². The molecule has 0 atom stereocenters. The normalized spacial score (nSPS) is 10.2. The second kappa shape index (κ2) is 6.91. The number of nitrogens with two attached hydrogens (primary N) is 1. The second-order valence-electron chi connectivity index (χ2n) is 3.95. The minimum atomic E-state index is -0.151. The van der Waals surface area contributed by atoms with Crippen LogP contribution in [0, 0.1) is 0 Å². The van der Waals surface area contributed by atoms with Gasteiger partial charge in [-0.1, -0.05) is 25.5 Å². The highest BCUT2D eigenvalue weighted by Crippen LogP contribution is 2.17. The summed E-state index contributed by atoms with van der Waals surface area (Å²) in [6, 6.07) is 6.60. The Labute approximate surface area is 102 Å². The monoisotopic (exact) mass is 236 g/mol. The fourth-order valence-electron chi connectivity index (χ4n) is 1.64. The van der Waals surface area contributed by atoms with E-state index in [0.717, 1.165) is 12.8 Å². The van der Waals surface area contributed by atoms with E-state index in [4.69, 9.17) is 5.73 Å². The smallest absolute Gasteiger partial charge is 0.257 e. The first-order valence-electron chi connectivity index (χ1n) is 5.98. The minimum absolute atomic E-state index is 0.0241. The van der Waals surface area contributed by atoms with Gasteiger partial charge in [-0.05, 0) is 18.6 Å². The van der Waals surface area contributed by atoms with Crippen molar-refractivity contribution in [3.8, 4) is 5.75 Å². The van der Waals surface area contributed by atoms with Crippen LogP contribution in [-0.4, -0.2) is 35.5 Å². The average molecular weight is 236 g/mol. The van der Waals surface area contributed by atoms with Gasteiger partial charge in [0.15, 0.2) is 0 Å². The van der Waals surface area contributed by atoms with E-state index in [1.165, 1.54) is 6.07 Å². The van der Waals surface area contributed by atoms with Gasteiger partial charge in [-0.15, -0.1) is 0 Å². The molecule has 0 unspecified atom stereocenters. The first-order chi connectivity index (χ1) is 8.20. The van der Waals surface area contributed by atoms with Crippen molar-refractivity contribution in [2.24, 2.45) is 5.73 Å². The molecule has 4 nitrogen and oxygen atoms in total. The van der Waals surface area contributed by atoms with Gasteiger partial charge in [-0.3, -0.25) is 4.79 Å². The lowest BCUT2D eigenvalue weighted by molar-refractivity contribution is 0.0755. The van der Waals surface area contributed by atoms with Gasteiger partial charge in [0.1, 0.15) is 5.75 Å². The highest BCUT2D eigenvalue weighted by atomic mass is 16.3. The number of hydrogen-bond donors (Lipinski definition) is 2. The van der Waals surface area contributed by atoms with Crippen LogP contribution in [0.15, 0.2) is 24.3 Å². The van der Waals surface area contributed by atoms with Crippen LogP contribution >= 0.6 is 0 Å². The number of phenols is 1. The van der Waals surface area contributed by atoms with Crippen molar-refractivity contribution in [1.82, 2.24) is 4.90 Å². The van der Waals surface area contributed by atoms with Crippen LogP contribution < -0.4 is 5.73 Å². The molecule has 0 heterocycles. The Hall–Kier alpha value is -1.55. The lowest BCUT2D eigenvalue weighted by Gasteiger charge is -2.22.